The second-order valence-electron chi connectivity index (χ2n) is 6.04. The van der Waals surface area contributed by atoms with Crippen LogP contribution in [0.1, 0.15) is 12.8 Å². The number of hydrogen-bond acceptors (Lipinski definition) is 4. The lowest BCUT2D eigenvalue weighted by Gasteiger charge is -2.34. The van der Waals surface area contributed by atoms with Gasteiger partial charge in [0.2, 0.25) is 0 Å². The van der Waals surface area contributed by atoms with E-state index in [1.165, 1.54) is 11.1 Å². The van der Waals surface area contributed by atoms with Crippen LogP contribution >= 0.6 is 11.6 Å². The Balaban J connectivity index is 1.50. The maximum Gasteiger partial charge on any atom is 0.137 e. The van der Waals surface area contributed by atoms with Crippen LogP contribution < -0.4 is 4.90 Å². The average Bonchev–Trinajstić information content (AvgIpc) is 3.08. The minimum Gasteiger partial charge on any atom is -0.371 e. The van der Waals surface area contributed by atoms with Gasteiger partial charge in [-0.25, -0.2) is 4.98 Å². The summed E-state index contributed by atoms with van der Waals surface area (Å²) in [7, 11) is 0. The molecule has 0 radical (unpaired) electrons. The van der Waals surface area contributed by atoms with Crippen LogP contribution in [0.25, 0.3) is 10.9 Å². The Hall–Kier alpha value is -2.14. The largest absolute Gasteiger partial charge is 0.371 e. The van der Waals surface area contributed by atoms with Gasteiger partial charge in [-0.05, 0) is 43.0 Å². The topological polar surface area (TPSA) is 46.8 Å². The molecule has 118 valence electrons. The summed E-state index contributed by atoms with van der Waals surface area (Å²) in [5, 5.41) is 6.11. The third-order valence-electron chi connectivity index (χ3n) is 4.55. The van der Waals surface area contributed by atoms with Crippen LogP contribution in [-0.2, 0) is 6.54 Å². The summed E-state index contributed by atoms with van der Waals surface area (Å²) in [4.78, 5) is 10.9. The van der Waals surface area contributed by atoms with Crippen LogP contribution in [-0.4, -0.2) is 32.8 Å². The molecule has 3 heterocycles. The second-order valence-corrected chi connectivity index (χ2v) is 6.48. The van der Waals surface area contributed by atoms with Crippen LogP contribution in [0.4, 0.5) is 5.69 Å². The van der Waals surface area contributed by atoms with Crippen molar-refractivity contribution in [2.75, 3.05) is 18.0 Å². The Morgan fingerprint density at radius 3 is 2.83 bits per heavy atom. The van der Waals surface area contributed by atoms with Crippen LogP contribution in [0, 0.1) is 5.92 Å². The number of pyridine rings is 1. The number of benzene rings is 1. The monoisotopic (exact) mass is 327 g/mol. The van der Waals surface area contributed by atoms with E-state index in [9.17, 15) is 0 Å². The van der Waals surface area contributed by atoms with Crippen LogP contribution in [0.15, 0.2) is 43.1 Å². The zero-order valence-corrected chi connectivity index (χ0v) is 13.5. The lowest BCUT2D eigenvalue weighted by Crippen LogP contribution is -2.35. The Morgan fingerprint density at radius 2 is 2.04 bits per heavy atom. The number of rotatable bonds is 3. The van der Waals surface area contributed by atoms with Gasteiger partial charge >= 0.3 is 0 Å². The van der Waals surface area contributed by atoms with Crippen molar-refractivity contribution < 1.29 is 0 Å². The average molecular weight is 328 g/mol. The fourth-order valence-electron chi connectivity index (χ4n) is 3.33. The molecule has 0 saturated carbocycles. The first-order valence-electron chi connectivity index (χ1n) is 7.91. The van der Waals surface area contributed by atoms with Crippen molar-refractivity contribution in [1.82, 2.24) is 19.7 Å². The van der Waals surface area contributed by atoms with E-state index in [1.807, 2.05) is 23.0 Å². The van der Waals surface area contributed by atoms with Gasteiger partial charge in [0.25, 0.3) is 0 Å². The predicted molar refractivity (Wildman–Crippen MR) is 91.7 cm³/mol. The van der Waals surface area contributed by atoms with E-state index in [1.54, 1.807) is 12.7 Å². The predicted octanol–water partition coefficient (Wildman–Crippen LogP) is 3.40. The number of aromatic nitrogens is 4. The van der Waals surface area contributed by atoms with Crippen molar-refractivity contribution in [2.45, 2.75) is 19.4 Å². The van der Waals surface area contributed by atoms with Gasteiger partial charge in [-0.3, -0.25) is 9.67 Å². The summed E-state index contributed by atoms with van der Waals surface area (Å²) in [5.41, 5.74) is 2.21. The molecule has 0 bridgehead atoms. The molecule has 6 heteroatoms. The fourth-order valence-corrected chi connectivity index (χ4v) is 3.50. The molecule has 0 spiro atoms. The van der Waals surface area contributed by atoms with Crippen molar-refractivity contribution in [1.29, 1.82) is 0 Å². The molecule has 23 heavy (non-hydrogen) atoms. The molecule has 0 atom stereocenters. The minimum atomic E-state index is 0.662. The van der Waals surface area contributed by atoms with E-state index in [2.05, 4.69) is 32.1 Å². The molecule has 3 aromatic rings. The third-order valence-corrected chi connectivity index (χ3v) is 4.78. The Labute approximate surface area is 139 Å². The summed E-state index contributed by atoms with van der Waals surface area (Å²) >= 11 is 6.08. The Morgan fingerprint density at radius 1 is 1.17 bits per heavy atom. The van der Waals surface area contributed by atoms with Crippen molar-refractivity contribution in [3.63, 3.8) is 0 Å². The van der Waals surface area contributed by atoms with E-state index in [-0.39, 0.29) is 0 Å². The van der Waals surface area contributed by atoms with Crippen molar-refractivity contribution in [3.8, 4) is 0 Å². The second kappa shape index (κ2) is 6.16. The Bertz CT molecular complexity index is 794. The third kappa shape index (κ3) is 3.01. The van der Waals surface area contributed by atoms with Gasteiger partial charge in [0.1, 0.15) is 12.7 Å². The number of anilines is 1. The van der Waals surface area contributed by atoms with Gasteiger partial charge < -0.3 is 4.90 Å². The maximum atomic E-state index is 6.08. The highest BCUT2D eigenvalue weighted by atomic mass is 35.5. The number of piperidine rings is 1. The van der Waals surface area contributed by atoms with Gasteiger partial charge in [-0.1, -0.05) is 11.6 Å². The smallest absolute Gasteiger partial charge is 0.137 e. The highest BCUT2D eigenvalue weighted by Gasteiger charge is 2.21. The van der Waals surface area contributed by atoms with E-state index >= 15 is 0 Å². The van der Waals surface area contributed by atoms with E-state index in [4.69, 9.17) is 11.6 Å². The molecule has 4 rings (SSSR count). The zero-order valence-electron chi connectivity index (χ0n) is 12.8. The number of nitrogens with zero attached hydrogens (tertiary/aromatic N) is 5. The normalized spacial score (nSPS) is 16.1. The summed E-state index contributed by atoms with van der Waals surface area (Å²) < 4.78 is 1.93. The molecular formula is C17H18ClN5. The van der Waals surface area contributed by atoms with Gasteiger partial charge in [0, 0.05) is 41.9 Å². The molecule has 1 aromatic carbocycles. The van der Waals surface area contributed by atoms with Crippen molar-refractivity contribution in [2.24, 2.45) is 5.92 Å². The number of halogens is 1. The highest BCUT2D eigenvalue weighted by Crippen LogP contribution is 2.30. The first-order chi connectivity index (χ1) is 11.3. The molecule has 0 N–H and O–H groups in total. The highest BCUT2D eigenvalue weighted by molar-refractivity contribution is 6.31. The van der Waals surface area contributed by atoms with Gasteiger partial charge in [-0.2, -0.15) is 5.10 Å². The summed E-state index contributed by atoms with van der Waals surface area (Å²) in [6.45, 7) is 3.07. The Kier molecular flexibility index (Phi) is 3.87. The standard InChI is InChI=1S/C17H18ClN5/c18-14-1-2-15-16(9-14)20-6-3-17(15)22-7-4-13(5-8-22)10-23-12-19-11-21-23/h1-3,6,9,11-13H,4-5,7-8,10H2. The van der Waals surface area contributed by atoms with Crippen molar-refractivity contribution in [3.05, 3.63) is 48.1 Å². The number of fused-ring (bicyclic) bond motifs is 1. The van der Waals surface area contributed by atoms with E-state index in [0.29, 0.717) is 5.92 Å². The van der Waals surface area contributed by atoms with Gasteiger partial charge in [0.05, 0.1) is 5.52 Å². The molecule has 1 aliphatic heterocycles. The van der Waals surface area contributed by atoms with Crippen LogP contribution in [0.3, 0.4) is 0 Å². The SMILES string of the molecule is Clc1ccc2c(N3CCC(Cn4cncn4)CC3)ccnc2c1. The quantitative estimate of drug-likeness (QED) is 0.739. The van der Waals surface area contributed by atoms with E-state index < -0.39 is 0 Å². The van der Waals surface area contributed by atoms with E-state index in [0.717, 1.165) is 43.0 Å². The molecule has 2 aromatic heterocycles. The van der Waals surface area contributed by atoms with Crippen LogP contribution in [0.2, 0.25) is 5.02 Å². The molecule has 0 amide bonds. The maximum absolute atomic E-state index is 6.08. The molecular weight excluding hydrogens is 310 g/mol. The summed E-state index contributed by atoms with van der Waals surface area (Å²) in [6.07, 6.45) is 7.60. The van der Waals surface area contributed by atoms with Crippen molar-refractivity contribution >= 4 is 28.2 Å². The molecule has 0 unspecified atom stereocenters. The molecule has 1 aliphatic rings. The first-order valence-corrected chi connectivity index (χ1v) is 8.29. The molecule has 1 saturated heterocycles. The fraction of sp³-hybridized carbons (Fsp3) is 0.353. The molecule has 1 fully saturated rings. The number of hydrogen-bond donors (Lipinski definition) is 0. The van der Waals surface area contributed by atoms with Crippen LogP contribution in [0.5, 0.6) is 0 Å². The van der Waals surface area contributed by atoms with Gasteiger partial charge in [0.15, 0.2) is 0 Å². The summed E-state index contributed by atoms with van der Waals surface area (Å²) in [5.74, 6) is 0.662. The zero-order chi connectivity index (χ0) is 15.6. The lowest BCUT2D eigenvalue weighted by molar-refractivity contribution is 0.342. The minimum absolute atomic E-state index is 0.662. The summed E-state index contributed by atoms with van der Waals surface area (Å²) in [6, 6.07) is 8.04. The van der Waals surface area contributed by atoms with Gasteiger partial charge in [-0.15, -0.1) is 0 Å². The lowest BCUT2D eigenvalue weighted by atomic mass is 9.96. The molecule has 0 aliphatic carbocycles. The molecule has 5 nitrogen and oxygen atoms in total. The first kappa shape index (κ1) is 14.5.